The van der Waals surface area contributed by atoms with E-state index in [9.17, 15) is 9.59 Å². The van der Waals surface area contributed by atoms with Gasteiger partial charge in [0.1, 0.15) is 0 Å². The highest BCUT2D eigenvalue weighted by atomic mass is 16.2. The number of rotatable bonds is 8. The van der Waals surface area contributed by atoms with Gasteiger partial charge >= 0.3 is 0 Å². The van der Waals surface area contributed by atoms with Gasteiger partial charge in [0.15, 0.2) is 5.96 Å². The lowest BCUT2D eigenvalue weighted by Gasteiger charge is -2.21. The van der Waals surface area contributed by atoms with Gasteiger partial charge in [-0.15, -0.1) is 0 Å². The Morgan fingerprint density at radius 1 is 1.19 bits per heavy atom. The second-order valence-electron chi connectivity index (χ2n) is 9.11. The molecule has 2 bridgehead atoms. The molecule has 1 aromatic rings. The first kappa shape index (κ1) is 21.5. The second kappa shape index (κ2) is 9.20. The maximum absolute atomic E-state index is 12.8. The Balaban J connectivity index is 1.35. The van der Waals surface area contributed by atoms with Gasteiger partial charge in [0, 0.05) is 44.5 Å². The van der Waals surface area contributed by atoms with Crippen LogP contribution in [0.3, 0.4) is 0 Å². The summed E-state index contributed by atoms with van der Waals surface area (Å²) in [5.74, 6) is 1.67. The number of nitrogens with one attached hydrogen (secondary N) is 2. The summed E-state index contributed by atoms with van der Waals surface area (Å²) in [6.45, 7) is 8.66. The topological polar surface area (TPSA) is 86.7 Å². The van der Waals surface area contributed by atoms with Crippen molar-refractivity contribution in [1.29, 1.82) is 0 Å². The number of guanidine groups is 1. The van der Waals surface area contributed by atoms with Crippen LogP contribution in [0.4, 0.5) is 0 Å². The minimum Gasteiger partial charge on any atom is -0.357 e. The number of imide groups is 1. The summed E-state index contributed by atoms with van der Waals surface area (Å²) in [6, 6.07) is 4.05. The molecule has 7 nitrogen and oxygen atoms in total. The van der Waals surface area contributed by atoms with Gasteiger partial charge in [0.25, 0.3) is 0 Å². The van der Waals surface area contributed by atoms with Crippen LogP contribution in [-0.2, 0) is 9.59 Å². The number of fused-ring (bicyclic) bond motifs is 5. The minimum absolute atomic E-state index is 0.00652. The van der Waals surface area contributed by atoms with Gasteiger partial charge in [-0.3, -0.25) is 24.5 Å². The molecule has 1 saturated carbocycles. The lowest BCUT2D eigenvalue weighted by Crippen LogP contribution is -2.44. The number of hydrogen-bond acceptors (Lipinski definition) is 4. The fourth-order valence-corrected chi connectivity index (χ4v) is 5.30. The summed E-state index contributed by atoms with van der Waals surface area (Å²) in [5.41, 5.74) is 1.18. The highest BCUT2D eigenvalue weighted by molar-refractivity contribution is 6.06. The number of nitrogens with zero attached hydrogens (tertiary/aromatic N) is 3. The molecule has 0 radical (unpaired) electrons. The van der Waals surface area contributed by atoms with Crippen molar-refractivity contribution in [3.63, 3.8) is 0 Å². The molecule has 7 heteroatoms. The summed E-state index contributed by atoms with van der Waals surface area (Å²) >= 11 is 0. The zero-order valence-corrected chi connectivity index (χ0v) is 18.6. The zero-order valence-electron chi connectivity index (χ0n) is 18.6. The summed E-state index contributed by atoms with van der Waals surface area (Å²) in [4.78, 5) is 36.1. The molecule has 31 heavy (non-hydrogen) atoms. The maximum Gasteiger partial charge on any atom is 0.233 e. The van der Waals surface area contributed by atoms with E-state index in [2.05, 4.69) is 47.7 Å². The molecule has 2 heterocycles. The minimum atomic E-state index is -0.129. The van der Waals surface area contributed by atoms with Gasteiger partial charge in [-0.1, -0.05) is 32.1 Å². The second-order valence-corrected chi connectivity index (χ2v) is 9.11. The molecular formula is C24H33N5O2. The van der Waals surface area contributed by atoms with Crippen LogP contribution < -0.4 is 10.6 Å². The van der Waals surface area contributed by atoms with Gasteiger partial charge in [0.05, 0.1) is 11.8 Å². The molecule has 2 amide bonds. The molecule has 4 rings (SSSR count). The summed E-state index contributed by atoms with van der Waals surface area (Å²) in [7, 11) is 0. The predicted molar refractivity (Wildman–Crippen MR) is 120 cm³/mol. The average molecular weight is 424 g/mol. The van der Waals surface area contributed by atoms with Gasteiger partial charge < -0.3 is 10.6 Å². The van der Waals surface area contributed by atoms with Crippen LogP contribution in [0.1, 0.15) is 38.7 Å². The SMILES string of the molecule is CCNC(=NCC(c1cccnc1)C(C)C)NCCN1C(=O)C2C3C=CC(C3)C2C1=O. The van der Waals surface area contributed by atoms with Crippen molar-refractivity contribution in [2.24, 2.45) is 34.6 Å². The van der Waals surface area contributed by atoms with Crippen molar-refractivity contribution in [1.82, 2.24) is 20.5 Å². The Labute approximate surface area is 184 Å². The van der Waals surface area contributed by atoms with E-state index < -0.39 is 0 Å². The van der Waals surface area contributed by atoms with Crippen molar-refractivity contribution in [3.05, 3.63) is 42.2 Å². The summed E-state index contributed by atoms with van der Waals surface area (Å²) in [6.07, 6.45) is 8.91. The first-order valence-electron chi connectivity index (χ1n) is 11.5. The normalized spacial score (nSPS) is 27.9. The van der Waals surface area contributed by atoms with Crippen LogP contribution in [0.25, 0.3) is 0 Å². The number of hydrogen-bond donors (Lipinski definition) is 2. The molecule has 1 aromatic heterocycles. The molecule has 1 aliphatic heterocycles. The Morgan fingerprint density at radius 3 is 2.48 bits per heavy atom. The number of aliphatic imine (C=N–C) groups is 1. The van der Waals surface area contributed by atoms with Crippen LogP contribution in [0.5, 0.6) is 0 Å². The highest BCUT2D eigenvalue weighted by Crippen LogP contribution is 2.52. The number of carbonyl (C=O) groups excluding carboxylic acids is 2. The van der Waals surface area contributed by atoms with E-state index in [-0.39, 0.29) is 41.4 Å². The largest absolute Gasteiger partial charge is 0.357 e. The fourth-order valence-electron chi connectivity index (χ4n) is 5.30. The average Bonchev–Trinajstić information content (AvgIpc) is 3.44. The van der Waals surface area contributed by atoms with E-state index in [1.807, 2.05) is 19.2 Å². The Bertz CT molecular complexity index is 836. The molecule has 1 saturated heterocycles. The monoisotopic (exact) mass is 423 g/mol. The zero-order chi connectivity index (χ0) is 22.0. The smallest absolute Gasteiger partial charge is 0.233 e. The van der Waals surface area contributed by atoms with Crippen molar-refractivity contribution in [3.8, 4) is 0 Å². The third kappa shape index (κ3) is 4.23. The lowest BCUT2D eigenvalue weighted by molar-refractivity contribution is -0.140. The molecule has 166 valence electrons. The molecule has 2 fully saturated rings. The van der Waals surface area contributed by atoms with E-state index in [1.165, 1.54) is 10.5 Å². The number of aromatic nitrogens is 1. The Kier molecular flexibility index (Phi) is 6.39. The van der Waals surface area contributed by atoms with Crippen LogP contribution in [-0.4, -0.2) is 53.8 Å². The highest BCUT2D eigenvalue weighted by Gasteiger charge is 2.58. The summed E-state index contributed by atoms with van der Waals surface area (Å²) in [5, 5.41) is 6.56. The van der Waals surface area contributed by atoms with E-state index in [1.54, 1.807) is 6.20 Å². The van der Waals surface area contributed by atoms with Gasteiger partial charge in [-0.05, 0) is 42.7 Å². The van der Waals surface area contributed by atoms with Gasteiger partial charge in [-0.25, -0.2) is 0 Å². The Morgan fingerprint density at radius 2 is 1.90 bits per heavy atom. The van der Waals surface area contributed by atoms with Crippen molar-refractivity contribution in [2.75, 3.05) is 26.2 Å². The number of pyridine rings is 1. The Hall–Kier alpha value is -2.70. The van der Waals surface area contributed by atoms with E-state index in [0.29, 0.717) is 31.5 Å². The number of amides is 2. The maximum atomic E-state index is 12.8. The predicted octanol–water partition coefficient (Wildman–Crippen LogP) is 2.18. The van der Waals surface area contributed by atoms with Crippen LogP contribution in [0.2, 0.25) is 0 Å². The molecule has 3 aliphatic rings. The first-order chi connectivity index (χ1) is 15.0. The fraction of sp³-hybridized carbons (Fsp3) is 0.583. The molecule has 2 aliphatic carbocycles. The number of likely N-dealkylation sites (tertiary alicyclic amines) is 1. The third-order valence-corrected chi connectivity index (χ3v) is 6.90. The molecule has 5 atom stereocenters. The molecule has 0 spiro atoms. The standard InChI is InChI=1S/C24H33N5O2/c1-4-26-24(28-14-19(15(2)3)18-6-5-9-25-13-18)27-10-11-29-22(30)20-16-7-8-17(12-16)21(20)23(29)31/h5-9,13,15-17,19-21H,4,10-12,14H2,1-3H3,(H2,26,27,28). The number of carbonyl (C=O) groups is 2. The van der Waals surface area contributed by atoms with Crippen molar-refractivity contribution < 1.29 is 9.59 Å². The van der Waals surface area contributed by atoms with Gasteiger partial charge in [-0.2, -0.15) is 0 Å². The van der Waals surface area contributed by atoms with Crippen molar-refractivity contribution >= 4 is 17.8 Å². The molecule has 0 aromatic carbocycles. The lowest BCUT2D eigenvalue weighted by atomic mass is 9.85. The van der Waals surface area contributed by atoms with Crippen LogP contribution in [0.15, 0.2) is 41.7 Å². The van der Waals surface area contributed by atoms with Gasteiger partial charge in [0.2, 0.25) is 11.8 Å². The quantitative estimate of drug-likeness (QED) is 0.290. The van der Waals surface area contributed by atoms with Crippen molar-refractivity contribution in [2.45, 2.75) is 33.1 Å². The van der Waals surface area contributed by atoms with Crippen LogP contribution in [0, 0.1) is 29.6 Å². The van der Waals surface area contributed by atoms with E-state index >= 15 is 0 Å². The summed E-state index contributed by atoms with van der Waals surface area (Å²) < 4.78 is 0. The van der Waals surface area contributed by atoms with E-state index in [4.69, 9.17) is 4.99 Å². The molecule has 2 N–H and O–H groups in total. The van der Waals surface area contributed by atoms with E-state index in [0.717, 1.165) is 13.0 Å². The number of allylic oxidation sites excluding steroid dienone is 2. The van der Waals surface area contributed by atoms with Crippen LogP contribution >= 0.6 is 0 Å². The first-order valence-corrected chi connectivity index (χ1v) is 11.5. The third-order valence-electron chi connectivity index (χ3n) is 6.90. The molecular weight excluding hydrogens is 390 g/mol. The molecule has 5 unspecified atom stereocenters.